The van der Waals surface area contributed by atoms with Crippen LogP contribution < -0.4 is 4.74 Å². The molecule has 0 aliphatic carbocycles. The van der Waals surface area contributed by atoms with E-state index in [1.54, 1.807) is 43.5 Å². The lowest BCUT2D eigenvalue weighted by atomic mass is 9.84. The predicted octanol–water partition coefficient (Wildman–Crippen LogP) is 3.04. The molecule has 1 aromatic heterocycles. The Balaban J connectivity index is 1.81. The minimum absolute atomic E-state index is 0.00526. The van der Waals surface area contributed by atoms with Gasteiger partial charge in [-0.1, -0.05) is 18.1 Å². The zero-order chi connectivity index (χ0) is 22.2. The number of methoxy groups -OCH3 is 1. The fourth-order valence-electron chi connectivity index (χ4n) is 4.18. The van der Waals surface area contributed by atoms with Gasteiger partial charge in [0.05, 0.1) is 12.7 Å². The lowest BCUT2D eigenvalue weighted by molar-refractivity contribution is -0.126. The van der Waals surface area contributed by atoms with Gasteiger partial charge in [0.25, 0.3) is 11.8 Å². The summed E-state index contributed by atoms with van der Waals surface area (Å²) in [5.41, 5.74) is 1.69. The van der Waals surface area contributed by atoms with E-state index in [0.29, 0.717) is 25.1 Å². The van der Waals surface area contributed by atoms with Crippen LogP contribution in [-0.4, -0.2) is 59.9 Å². The number of benzene rings is 1. The minimum Gasteiger partial charge on any atom is -0.497 e. The molecular formula is C25H29N3O3. The van der Waals surface area contributed by atoms with E-state index >= 15 is 0 Å². The molecule has 162 valence electrons. The number of aromatic nitrogens is 1. The highest BCUT2D eigenvalue weighted by Gasteiger charge is 2.33. The fourth-order valence-corrected chi connectivity index (χ4v) is 4.18. The summed E-state index contributed by atoms with van der Waals surface area (Å²) in [5, 5.41) is 0. The van der Waals surface area contributed by atoms with Crippen molar-refractivity contribution >= 4 is 11.8 Å². The number of hydrogen-bond acceptors (Lipinski definition) is 4. The second kappa shape index (κ2) is 10.6. The molecule has 1 atom stereocenters. The first-order valence-corrected chi connectivity index (χ1v) is 10.5. The van der Waals surface area contributed by atoms with Gasteiger partial charge in [0.15, 0.2) is 0 Å². The fraction of sp³-hybridized carbons (Fsp3) is 0.400. The first-order chi connectivity index (χ1) is 15.0. The van der Waals surface area contributed by atoms with Gasteiger partial charge in [0.1, 0.15) is 5.75 Å². The normalized spacial score (nSPS) is 14.9. The Hall–Kier alpha value is -3.33. The molecule has 2 amide bonds. The summed E-state index contributed by atoms with van der Waals surface area (Å²) in [7, 11) is 3.51. The number of piperidine rings is 1. The molecule has 0 radical (unpaired) electrons. The third kappa shape index (κ3) is 5.64. The van der Waals surface area contributed by atoms with Crippen LogP contribution in [0.5, 0.6) is 5.75 Å². The number of likely N-dealkylation sites (tertiary alicyclic amines) is 1. The second-order valence-corrected chi connectivity index (χ2v) is 7.79. The number of carbonyl (C=O) groups excluding carboxylic acids is 2. The Morgan fingerprint density at radius 1 is 1.26 bits per heavy atom. The van der Waals surface area contributed by atoms with Crippen LogP contribution in [0.3, 0.4) is 0 Å². The van der Waals surface area contributed by atoms with Gasteiger partial charge in [-0.15, -0.1) is 0 Å². The molecule has 1 saturated heterocycles. The van der Waals surface area contributed by atoms with Crippen molar-refractivity contribution in [2.75, 3.05) is 27.2 Å². The Morgan fingerprint density at radius 3 is 2.68 bits per heavy atom. The summed E-state index contributed by atoms with van der Waals surface area (Å²) in [6.07, 6.45) is 5.64. The zero-order valence-corrected chi connectivity index (χ0v) is 18.4. The Morgan fingerprint density at radius 2 is 2.03 bits per heavy atom. The number of likely N-dealkylation sites (N-methyl/N-ethyl adjacent to an activating group) is 1. The Bertz CT molecular complexity index is 957. The molecule has 6 heteroatoms. The molecule has 1 aliphatic heterocycles. The highest BCUT2D eigenvalue weighted by atomic mass is 16.5. The van der Waals surface area contributed by atoms with Crippen molar-refractivity contribution in [2.24, 2.45) is 5.92 Å². The minimum atomic E-state index is -0.120. The summed E-state index contributed by atoms with van der Waals surface area (Å²) in [6.45, 7) is 2.98. The Labute approximate surface area is 184 Å². The standard InChI is InChI=1S/C25H29N3O3/c1-4-7-24(29)28-14-11-20(12-15-28)23(17-19-8-5-10-22(16-19)31-3)27(2)25(30)21-9-6-13-26-18-21/h5-6,8-10,13,16,18,20,23H,11-12,14-15,17H2,1-3H3/t23-/m1/s1. The maximum atomic E-state index is 13.2. The number of rotatable bonds is 6. The van der Waals surface area contributed by atoms with Crippen LogP contribution >= 0.6 is 0 Å². The molecule has 1 fully saturated rings. The molecule has 0 spiro atoms. The van der Waals surface area contributed by atoms with Gasteiger partial charge in [-0.05, 0) is 67.9 Å². The van der Waals surface area contributed by atoms with Gasteiger partial charge >= 0.3 is 0 Å². The molecular weight excluding hydrogens is 390 g/mol. The van der Waals surface area contributed by atoms with Crippen molar-refractivity contribution in [1.82, 2.24) is 14.8 Å². The molecule has 0 unspecified atom stereocenters. The van der Waals surface area contributed by atoms with E-state index in [0.717, 1.165) is 24.2 Å². The largest absolute Gasteiger partial charge is 0.497 e. The monoisotopic (exact) mass is 419 g/mol. The van der Waals surface area contributed by atoms with Crippen LogP contribution in [-0.2, 0) is 11.2 Å². The second-order valence-electron chi connectivity index (χ2n) is 7.79. The topological polar surface area (TPSA) is 62.7 Å². The Kier molecular flexibility index (Phi) is 7.66. The average Bonchev–Trinajstić information content (AvgIpc) is 2.82. The van der Waals surface area contributed by atoms with Gasteiger partial charge < -0.3 is 14.5 Å². The SMILES string of the molecule is CC#CC(=O)N1CCC([C@@H](Cc2cccc(OC)c2)N(C)C(=O)c2cccnc2)CC1. The van der Waals surface area contributed by atoms with Crippen molar-refractivity contribution in [1.29, 1.82) is 0 Å². The van der Waals surface area contributed by atoms with Crippen molar-refractivity contribution in [3.05, 3.63) is 59.9 Å². The lowest BCUT2D eigenvalue weighted by Gasteiger charge is -2.39. The third-order valence-electron chi connectivity index (χ3n) is 5.91. The van der Waals surface area contributed by atoms with E-state index in [9.17, 15) is 9.59 Å². The summed E-state index contributed by atoms with van der Waals surface area (Å²) in [6, 6.07) is 11.5. The van der Waals surface area contributed by atoms with Crippen LogP contribution in [0.2, 0.25) is 0 Å². The number of pyridine rings is 1. The van der Waals surface area contributed by atoms with Crippen molar-refractivity contribution < 1.29 is 14.3 Å². The van der Waals surface area contributed by atoms with Gasteiger partial charge in [-0.2, -0.15) is 0 Å². The number of ether oxygens (including phenoxy) is 1. The van der Waals surface area contributed by atoms with Gasteiger partial charge in [-0.3, -0.25) is 14.6 Å². The lowest BCUT2D eigenvalue weighted by Crippen LogP contribution is -2.48. The quantitative estimate of drug-likeness (QED) is 0.676. The highest BCUT2D eigenvalue weighted by Crippen LogP contribution is 2.28. The summed E-state index contributed by atoms with van der Waals surface area (Å²) in [5.74, 6) is 6.22. The summed E-state index contributed by atoms with van der Waals surface area (Å²) >= 11 is 0. The maximum Gasteiger partial charge on any atom is 0.298 e. The van der Waals surface area contributed by atoms with E-state index in [2.05, 4.69) is 22.9 Å². The number of amides is 2. The first-order valence-electron chi connectivity index (χ1n) is 10.5. The van der Waals surface area contributed by atoms with Gasteiger partial charge in [-0.25, -0.2) is 0 Å². The number of nitrogens with zero attached hydrogens (tertiary/aromatic N) is 3. The summed E-state index contributed by atoms with van der Waals surface area (Å²) < 4.78 is 5.38. The zero-order valence-electron chi connectivity index (χ0n) is 18.4. The number of hydrogen-bond donors (Lipinski definition) is 0. The first kappa shape index (κ1) is 22.4. The predicted molar refractivity (Wildman–Crippen MR) is 120 cm³/mol. The molecule has 31 heavy (non-hydrogen) atoms. The number of carbonyl (C=O) groups is 2. The van der Waals surface area contributed by atoms with Crippen LogP contribution in [0.4, 0.5) is 0 Å². The van der Waals surface area contributed by atoms with Crippen molar-refractivity contribution in [3.63, 3.8) is 0 Å². The molecule has 0 saturated carbocycles. The van der Waals surface area contributed by atoms with Crippen molar-refractivity contribution in [3.8, 4) is 17.6 Å². The summed E-state index contributed by atoms with van der Waals surface area (Å²) in [4.78, 5) is 33.0. The van der Waals surface area contributed by atoms with Crippen LogP contribution in [0.15, 0.2) is 48.8 Å². The van der Waals surface area contributed by atoms with E-state index in [4.69, 9.17) is 4.74 Å². The van der Waals surface area contributed by atoms with Crippen LogP contribution in [0.1, 0.15) is 35.7 Å². The maximum absolute atomic E-state index is 13.2. The van der Waals surface area contributed by atoms with Crippen LogP contribution in [0, 0.1) is 17.8 Å². The average molecular weight is 420 g/mol. The van der Waals surface area contributed by atoms with Crippen molar-refractivity contribution in [2.45, 2.75) is 32.2 Å². The van der Waals surface area contributed by atoms with E-state index in [-0.39, 0.29) is 23.8 Å². The third-order valence-corrected chi connectivity index (χ3v) is 5.91. The smallest absolute Gasteiger partial charge is 0.298 e. The van der Waals surface area contributed by atoms with E-state index < -0.39 is 0 Å². The van der Waals surface area contributed by atoms with Crippen LogP contribution in [0.25, 0.3) is 0 Å². The van der Waals surface area contributed by atoms with E-state index in [1.165, 1.54) is 0 Å². The van der Waals surface area contributed by atoms with E-state index in [1.807, 2.05) is 30.1 Å². The molecule has 3 rings (SSSR count). The molecule has 1 aromatic carbocycles. The van der Waals surface area contributed by atoms with Gasteiger partial charge in [0.2, 0.25) is 0 Å². The molecule has 0 bridgehead atoms. The molecule has 1 aliphatic rings. The molecule has 2 aromatic rings. The molecule has 6 nitrogen and oxygen atoms in total. The van der Waals surface area contributed by atoms with Gasteiger partial charge in [0, 0.05) is 38.6 Å². The highest BCUT2D eigenvalue weighted by molar-refractivity contribution is 5.94. The molecule has 2 heterocycles. The molecule has 0 N–H and O–H groups in total.